The minimum absolute atomic E-state index is 0.196. The second-order valence-electron chi connectivity index (χ2n) is 4.31. The van der Waals surface area contributed by atoms with Gasteiger partial charge in [0.1, 0.15) is 5.82 Å². The Balaban J connectivity index is 2.39. The first-order chi connectivity index (χ1) is 7.61. The van der Waals surface area contributed by atoms with Crippen molar-refractivity contribution in [3.8, 4) is 0 Å². The third-order valence-corrected chi connectivity index (χ3v) is 2.59. The summed E-state index contributed by atoms with van der Waals surface area (Å²) in [6.45, 7) is 4.35. The van der Waals surface area contributed by atoms with E-state index in [9.17, 15) is 4.39 Å². The van der Waals surface area contributed by atoms with Gasteiger partial charge in [-0.2, -0.15) is 0 Å². The van der Waals surface area contributed by atoms with Gasteiger partial charge in [0.15, 0.2) is 0 Å². The molecule has 0 aliphatic heterocycles. The van der Waals surface area contributed by atoms with Gasteiger partial charge in [-0.1, -0.05) is 12.1 Å². The van der Waals surface area contributed by atoms with Gasteiger partial charge in [-0.3, -0.25) is 0 Å². The molecule has 1 unspecified atom stereocenters. The fourth-order valence-electron chi connectivity index (χ4n) is 1.80. The number of hydrogen-bond acceptors (Lipinski definition) is 2. The van der Waals surface area contributed by atoms with E-state index < -0.39 is 0 Å². The van der Waals surface area contributed by atoms with Gasteiger partial charge in [0.25, 0.3) is 0 Å². The van der Waals surface area contributed by atoms with Crippen molar-refractivity contribution < 1.29 is 9.50 Å². The van der Waals surface area contributed by atoms with Crippen molar-refractivity contribution in [2.45, 2.75) is 38.8 Å². The van der Waals surface area contributed by atoms with Gasteiger partial charge in [-0.15, -0.1) is 0 Å². The lowest BCUT2D eigenvalue weighted by atomic mass is 10.1. The van der Waals surface area contributed by atoms with Crippen molar-refractivity contribution >= 4 is 0 Å². The van der Waals surface area contributed by atoms with Crippen molar-refractivity contribution in [2.24, 2.45) is 0 Å². The Morgan fingerprint density at radius 1 is 1.19 bits per heavy atom. The molecule has 0 aliphatic rings. The molecule has 0 fully saturated rings. The number of nitrogens with one attached hydrogen (secondary N) is 1. The summed E-state index contributed by atoms with van der Waals surface area (Å²) in [5, 5.41) is 12.2. The molecule has 0 saturated heterocycles. The molecule has 0 spiro atoms. The van der Waals surface area contributed by atoms with Crippen LogP contribution in [0.15, 0.2) is 24.3 Å². The van der Waals surface area contributed by atoms with Gasteiger partial charge >= 0.3 is 0 Å². The molecule has 1 rings (SSSR count). The number of aliphatic hydroxyl groups excluding tert-OH is 1. The van der Waals surface area contributed by atoms with Crippen molar-refractivity contribution in [1.29, 1.82) is 0 Å². The zero-order valence-corrected chi connectivity index (χ0v) is 9.91. The Kier molecular flexibility index (Phi) is 5.43. The van der Waals surface area contributed by atoms with Gasteiger partial charge in [-0.05, 0) is 44.4 Å². The van der Waals surface area contributed by atoms with Gasteiger partial charge in [0.05, 0.1) is 0 Å². The summed E-state index contributed by atoms with van der Waals surface area (Å²) in [5.41, 5.74) is 1.12. The Morgan fingerprint density at radius 2 is 1.81 bits per heavy atom. The van der Waals surface area contributed by atoms with Crippen LogP contribution in [0.5, 0.6) is 0 Å². The van der Waals surface area contributed by atoms with E-state index in [4.69, 9.17) is 5.11 Å². The predicted octanol–water partition coefficient (Wildman–Crippen LogP) is 2.12. The maximum absolute atomic E-state index is 12.7. The summed E-state index contributed by atoms with van der Waals surface area (Å²) in [6.07, 6.45) is 1.63. The summed E-state index contributed by atoms with van der Waals surface area (Å²) in [4.78, 5) is 0. The molecule has 0 saturated carbocycles. The van der Waals surface area contributed by atoms with Crippen molar-refractivity contribution in [2.75, 3.05) is 6.61 Å². The number of benzene rings is 1. The highest BCUT2D eigenvalue weighted by atomic mass is 19.1. The molecule has 0 aromatic heterocycles. The lowest BCUT2D eigenvalue weighted by Gasteiger charge is -2.19. The molecule has 3 heteroatoms. The van der Waals surface area contributed by atoms with Crippen LogP contribution in [0.1, 0.15) is 25.8 Å². The zero-order chi connectivity index (χ0) is 12.0. The number of hydrogen-bond donors (Lipinski definition) is 2. The van der Waals surface area contributed by atoms with E-state index in [0.717, 1.165) is 18.4 Å². The molecule has 16 heavy (non-hydrogen) atoms. The van der Waals surface area contributed by atoms with Crippen LogP contribution >= 0.6 is 0 Å². The normalized spacial score (nSPS) is 14.8. The van der Waals surface area contributed by atoms with Gasteiger partial charge < -0.3 is 10.4 Å². The third kappa shape index (κ3) is 4.73. The Hall–Kier alpha value is -0.930. The molecule has 0 heterocycles. The lowest BCUT2D eigenvalue weighted by Crippen LogP contribution is -2.36. The highest BCUT2D eigenvalue weighted by Gasteiger charge is 2.07. The summed E-state index contributed by atoms with van der Waals surface area (Å²) < 4.78 is 12.7. The van der Waals surface area contributed by atoms with Crippen LogP contribution < -0.4 is 5.32 Å². The quantitative estimate of drug-likeness (QED) is 0.777. The standard InChI is InChI=1S/C13H20FNO/c1-10(7-8-16)15-11(2)9-12-3-5-13(14)6-4-12/h3-6,10-11,15-16H,7-9H2,1-2H3/t10-,11?/m1/s1. The molecule has 2 atom stereocenters. The fraction of sp³-hybridized carbons (Fsp3) is 0.538. The van der Waals surface area contributed by atoms with Crippen LogP contribution in [0, 0.1) is 5.82 Å². The molecule has 2 N–H and O–H groups in total. The maximum Gasteiger partial charge on any atom is 0.123 e. The molecule has 90 valence electrons. The molecule has 0 radical (unpaired) electrons. The minimum Gasteiger partial charge on any atom is -0.396 e. The minimum atomic E-state index is -0.196. The van der Waals surface area contributed by atoms with E-state index in [-0.39, 0.29) is 12.4 Å². The highest BCUT2D eigenvalue weighted by molar-refractivity contribution is 5.17. The van der Waals surface area contributed by atoms with E-state index in [1.54, 1.807) is 0 Å². The van der Waals surface area contributed by atoms with Crippen LogP contribution in [-0.4, -0.2) is 23.8 Å². The fourth-order valence-corrected chi connectivity index (χ4v) is 1.80. The summed E-state index contributed by atoms with van der Waals surface area (Å²) in [7, 11) is 0. The van der Waals surface area contributed by atoms with Crippen LogP contribution in [0.25, 0.3) is 0 Å². The van der Waals surface area contributed by atoms with E-state index in [1.807, 2.05) is 12.1 Å². The van der Waals surface area contributed by atoms with Gasteiger partial charge in [0.2, 0.25) is 0 Å². The largest absolute Gasteiger partial charge is 0.396 e. The van der Waals surface area contributed by atoms with Crippen LogP contribution in [0.2, 0.25) is 0 Å². The number of rotatable bonds is 6. The molecular weight excluding hydrogens is 205 g/mol. The van der Waals surface area contributed by atoms with E-state index in [1.165, 1.54) is 12.1 Å². The zero-order valence-electron chi connectivity index (χ0n) is 9.91. The first-order valence-electron chi connectivity index (χ1n) is 5.73. The Morgan fingerprint density at radius 3 is 2.38 bits per heavy atom. The predicted molar refractivity (Wildman–Crippen MR) is 63.9 cm³/mol. The maximum atomic E-state index is 12.7. The van der Waals surface area contributed by atoms with Gasteiger partial charge in [0, 0.05) is 18.7 Å². The smallest absolute Gasteiger partial charge is 0.123 e. The second kappa shape index (κ2) is 6.61. The Bertz CT molecular complexity index is 299. The molecular formula is C13H20FNO. The van der Waals surface area contributed by atoms with Crippen molar-refractivity contribution in [3.63, 3.8) is 0 Å². The second-order valence-corrected chi connectivity index (χ2v) is 4.31. The average molecular weight is 225 g/mol. The van der Waals surface area contributed by atoms with E-state index in [2.05, 4.69) is 19.2 Å². The molecule has 1 aromatic rings. The van der Waals surface area contributed by atoms with E-state index >= 15 is 0 Å². The van der Waals surface area contributed by atoms with Crippen LogP contribution in [0.4, 0.5) is 4.39 Å². The van der Waals surface area contributed by atoms with Crippen molar-refractivity contribution in [3.05, 3.63) is 35.6 Å². The number of halogens is 1. The topological polar surface area (TPSA) is 32.3 Å². The van der Waals surface area contributed by atoms with E-state index in [0.29, 0.717) is 12.1 Å². The highest BCUT2D eigenvalue weighted by Crippen LogP contribution is 2.06. The monoisotopic (exact) mass is 225 g/mol. The van der Waals surface area contributed by atoms with Crippen LogP contribution in [0.3, 0.4) is 0 Å². The third-order valence-electron chi connectivity index (χ3n) is 2.59. The van der Waals surface area contributed by atoms with Crippen LogP contribution in [-0.2, 0) is 6.42 Å². The number of aliphatic hydroxyl groups is 1. The van der Waals surface area contributed by atoms with Gasteiger partial charge in [-0.25, -0.2) is 4.39 Å². The molecule has 0 bridgehead atoms. The SMILES string of the molecule is CC(Cc1ccc(F)cc1)N[C@H](C)CCO. The average Bonchev–Trinajstić information content (AvgIpc) is 2.21. The molecule has 1 aromatic carbocycles. The molecule has 0 amide bonds. The lowest BCUT2D eigenvalue weighted by molar-refractivity contribution is 0.264. The molecule has 2 nitrogen and oxygen atoms in total. The molecule has 0 aliphatic carbocycles. The Labute approximate surface area is 96.5 Å². The first-order valence-corrected chi connectivity index (χ1v) is 5.73. The first kappa shape index (κ1) is 13.1. The van der Waals surface area contributed by atoms with Crippen molar-refractivity contribution in [1.82, 2.24) is 5.32 Å². The summed E-state index contributed by atoms with van der Waals surface area (Å²) >= 11 is 0. The summed E-state index contributed by atoms with van der Waals surface area (Å²) in [6, 6.07) is 7.22. The summed E-state index contributed by atoms with van der Waals surface area (Å²) in [5.74, 6) is -0.196.